The van der Waals surface area contributed by atoms with Gasteiger partial charge in [-0.1, -0.05) is 17.8 Å². The van der Waals surface area contributed by atoms with Crippen LogP contribution in [0.5, 0.6) is 0 Å². The molecule has 0 aromatic heterocycles. The number of aliphatic imine (C=N–C) groups is 1. The van der Waals surface area contributed by atoms with Crippen molar-refractivity contribution in [3.05, 3.63) is 36.9 Å². The summed E-state index contributed by atoms with van der Waals surface area (Å²) in [6.07, 6.45) is 1.21. The summed E-state index contributed by atoms with van der Waals surface area (Å²) in [5, 5.41) is 13.5. The molecular formula is C14H15N3O5S2. The molecule has 1 atom stereocenters. The lowest BCUT2D eigenvalue weighted by atomic mass is 10.2. The zero-order chi connectivity index (χ0) is 17.9. The van der Waals surface area contributed by atoms with E-state index in [-0.39, 0.29) is 23.8 Å². The number of nitrogens with zero attached hydrogens (tertiary/aromatic N) is 2. The minimum absolute atomic E-state index is 0.0479. The summed E-state index contributed by atoms with van der Waals surface area (Å²) in [6.45, 7) is 3.77. The summed E-state index contributed by atoms with van der Waals surface area (Å²) in [5.41, 5.74) is 0.419. The number of aliphatic carboxylic acids is 1. The molecule has 0 radical (unpaired) electrons. The maximum Gasteiger partial charge on any atom is 0.305 e. The van der Waals surface area contributed by atoms with Crippen LogP contribution >= 0.6 is 11.8 Å². The molecular weight excluding hydrogens is 354 g/mol. The number of carboxylic acid groups (broad SMARTS) is 1. The zero-order valence-electron chi connectivity index (χ0n) is 12.5. The van der Waals surface area contributed by atoms with Crippen molar-refractivity contribution in [3.8, 4) is 0 Å². The number of sulfonamides is 1. The number of hydrogen-bond acceptors (Lipinski definition) is 6. The van der Waals surface area contributed by atoms with E-state index in [1.807, 2.05) is 0 Å². The molecule has 10 heteroatoms. The van der Waals surface area contributed by atoms with Crippen LogP contribution in [0.3, 0.4) is 0 Å². The number of carbonyl (C=O) groups excluding carboxylic acids is 1. The monoisotopic (exact) mass is 369 g/mol. The SMILES string of the molecule is C=CCN1C(=O)C(CC(=O)O)SC1=Nc1ccc(S(N)(=O)=O)cc1. The average molecular weight is 369 g/mol. The molecule has 1 saturated heterocycles. The zero-order valence-corrected chi connectivity index (χ0v) is 14.1. The van der Waals surface area contributed by atoms with Crippen LogP contribution in [0, 0.1) is 0 Å². The van der Waals surface area contributed by atoms with E-state index in [0.717, 1.165) is 11.8 Å². The van der Waals surface area contributed by atoms with E-state index in [9.17, 15) is 18.0 Å². The molecule has 3 N–H and O–H groups in total. The van der Waals surface area contributed by atoms with E-state index < -0.39 is 21.2 Å². The van der Waals surface area contributed by atoms with Gasteiger partial charge in [-0.15, -0.1) is 6.58 Å². The molecule has 8 nitrogen and oxygen atoms in total. The minimum atomic E-state index is -3.79. The second-order valence-corrected chi connectivity index (χ2v) is 7.61. The summed E-state index contributed by atoms with van der Waals surface area (Å²) in [5.74, 6) is -1.42. The third-order valence-corrected chi connectivity index (χ3v) is 5.19. The standard InChI is InChI=1S/C14H15N3O5S2/c1-2-7-17-13(20)11(8-12(18)19)23-14(17)16-9-3-5-10(6-4-9)24(15,21)22/h2-6,11H,1,7-8H2,(H,18,19)(H2,15,21,22). The number of amidine groups is 1. The van der Waals surface area contributed by atoms with Crippen LogP contribution in [0.1, 0.15) is 6.42 Å². The van der Waals surface area contributed by atoms with Crippen LogP contribution in [0.4, 0.5) is 5.69 Å². The lowest BCUT2D eigenvalue weighted by Gasteiger charge is -2.13. The van der Waals surface area contributed by atoms with Crippen molar-refractivity contribution < 1.29 is 23.1 Å². The molecule has 2 rings (SSSR count). The van der Waals surface area contributed by atoms with Gasteiger partial charge in [-0.3, -0.25) is 14.5 Å². The Morgan fingerprint density at radius 3 is 2.54 bits per heavy atom. The van der Waals surface area contributed by atoms with Crippen LogP contribution in [-0.4, -0.2) is 47.3 Å². The van der Waals surface area contributed by atoms with Gasteiger partial charge in [0, 0.05) is 6.54 Å². The minimum Gasteiger partial charge on any atom is -0.481 e. The first-order valence-corrected chi connectivity index (χ1v) is 9.17. The van der Waals surface area contributed by atoms with Crippen molar-refractivity contribution in [1.29, 1.82) is 0 Å². The maximum atomic E-state index is 12.2. The maximum absolute atomic E-state index is 12.2. The van der Waals surface area contributed by atoms with Crippen LogP contribution in [0.15, 0.2) is 46.8 Å². The first-order chi connectivity index (χ1) is 11.2. The Morgan fingerprint density at radius 2 is 2.04 bits per heavy atom. The number of hydrogen-bond donors (Lipinski definition) is 2. The summed E-state index contributed by atoms with van der Waals surface area (Å²) in [7, 11) is -3.79. The molecule has 1 heterocycles. The van der Waals surface area contributed by atoms with Crippen molar-refractivity contribution in [2.24, 2.45) is 10.1 Å². The summed E-state index contributed by atoms with van der Waals surface area (Å²) in [4.78, 5) is 28.7. The highest BCUT2D eigenvalue weighted by molar-refractivity contribution is 8.15. The van der Waals surface area contributed by atoms with Gasteiger partial charge in [-0.2, -0.15) is 0 Å². The van der Waals surface area contributed by atoms with E-state index in [1.165, 1.54) is 35.2 Å². The molecule has 1 aromatic rings. The van der Waals surface area contributed by atoms with Crippen LogP contribution in [0.25, 0.3) is 0 Å². The average Bonchev–Trinajstić information content (AvgIpc) is 2.75. The van der Waals surface area contributed by atoms with Crippen molar-refractivity contribution in [3.63, 3.8) is 0 Å². The molecule has 1 aliphatic heterocycles. The summed E-state index contributed by atoms with van der Waals surface area (Å²) >= 11 is 1.05. The number of rotatable bonds is 6. The number of primary sulfonamides is 1. The molecule has 1 fully saturated rings. The van der Waals surface area contributed by atoms with E-state index in [1.54, 1.807) is 0 Å². The molecule has 1 unspecified atom stereocenters. The normalized spacial score (nSPS) is 19.7. The van der Waals surface area contributed by atoms with Gasteiger partial charge in [0.05, 0.1) is 17.0 Å². The number of carboxylic acids is 1. The Labute approximate surface area is 143 Å². The van der Waals surface area contributed by atoms with Crippen molar-refractivity contribution in [1.82, 2.24) is 4.90 Å². The van der Waals surface area contributed by atoms with Crippen molar-refractivity contribution in [2.45, 2.75) is 16.6 Å². The van der Waals surface area contributed by atoms with Gasteiger partial charge in [-0.05, 0) is 24.3 Å². The summed E-state index contributed by atoms with van der Waals surface area (Å²) < 4.78 is 22.5. The Balaban J connectivity index is 2.30. The molecule has 1 amide bonds. The lowest BCUT2D eigenvalue weighted by Crippen LogP contribution is -2.32. The number of nitrogens with two attached hydrogens (primary N) is 1. The van der Waals surface area contributed by atoms with E-state index in [4.69, 9.17) is 10.2 Å². The highest BCUT2D eigenvalue weighted by atomic mass is 32.2. The van der Waals surface area contributed by atoms with Gasteiger partial charge in [0.15, 0.2) is 5.17 Å². The van der Waals surface area contributed by atoms with Crippen LogP contribution in [-0.2, 0) is 19.6 Å². The Kier molecular flexibility index (Phi) is 5.42. The summed E-state index contributed by atoms with van der Waals surface area (Å²) in [6, 6.07) is 5.52. The molecule has 0 saturated carbocycles. The van der Waals surface area contributed by atoms with E-state index in [2.05, 4.69) is 11.6 Å². The predicted molar refractivity (Wildman–Crippen MR) is 90.5 cm³/mol. The third-order valence-electron chi connectivity index (χ3n) is 3.08. The third kappa shape index (κ3) is 4.22. The molecule has 1 aliphatic rings. The first-order valence-electron chi connectivity index (χ1n) is 6.74. The second kappa shape index (κ2) is 7.16. The fraction of sp³-hybridized carbons (Fsp3) is 0.214. The first kappa shape index (κ1) is 18.2. The smallest absolute Gasteiger partial charge is 0.305 e. The highest BCUT2D eigenvalue weighted by Crippen LogP contribution is 2.31. The quantitative estimate of drug-likeness (QED) is 0.717. The van der Waals surface area contributed by atoms with Gasteiger partial charge < -0.3 is 5.11 Å². The van der Waals surface area contributed by atoms with Gasteiger partial charge in [0.2, 0.25) is 15.9 Å². The fourth-order valence-electron chi connectivity index (χ4n) is 2.00. The molecule has 0 spiro atoms. The van der Waals surface area contributed by atoms with Gasteiger partial charge >= 0.3 is 5.97 Å². The van der Waals surface area contributed by atoms with Crippen LogP contribution < -0.4 is 5.14 Å². The molecule has 1 aromatic carbocycles. The number of benzene rings is 1. The molecule has 0 bridgehead atoms. The van der Waals surface area contributed by atoms with Gasteiger partial charge in [-0.25, -0.2) is 18.5 Å². The molecule has 24 heavy (non-hydrogen) atoms. The topological polar surface area (TPSA) is 130 Å². The Bertz CT molecular complexity index is 802. The molecule has 128 valence electrons. The van der Waals surface area contributed by atoms with Crippen LogP contribution in [0.2, 0.25) is 0 Å². The highest BCUT2D eigenvalue weighted by Gasteiger charge is 2.38. The number of thioether (sulfide) groups is 1. The van der Waals surface area contributed by atoms with Gasteiger partial charge in [0.1, 0.15) is 5.25 Å². The number of carbonyl (C=O) groups is 2. The largest absolute Gasteiger partial charge is 0.481 e. The fourth-order valence-corrected chi connectivity index (χ4v) is 3.68. The van der Waals surface area contributed by atoms with Crippen molar-refractivity contribution >= 4 is 44.5 Å². The Morgan fingerprint density at radius 1 is 1.42 bits per heavy atom. The second-order valence-electron chi connectivity index (χ2n) is 4.88. The van der Waals surface area contributed by atoms with Gasteiger partial charge in [0.25, 0.3) is 0 Å². The lowest BCUT2D eigenvalue weighted by molar-refractivity contribution is -0.139. The van der Waals surface area contributed by atoms with E-state index in [0.29, 0.717) is 10.9 Å². The predicted octanol–water partition coefficient (Wildman–Crippen LogP) is 0.926. The number of amides is 1. The molecule has 0 aliphatic carbocycles. The van der Waals surface area contributed by atoms with Crippen molar-refractivity contribution in [2.75, 3.05) is 6.54 Å². The Hall–Kier alpha value is -2.17. The van der Waals surface area contributed by atoms with E-state index >= 15 is 0 Å².